The molecule has 0 fully saturated rings. The lowest BCUT2D eigenvalue weighted by Gasteiger charge is -2.35. The van der Waals surface area contributed by atoms with Crippen molar-refractivity contribution >= 4 is 0 Å². The highest BCUT2D eigenvalue weighted by Crippen LogP contribution is 2.40. The zero-order chi connectivity index (χ0) is 13.2. The summed E-state index contributed by atoms with van der Waals surface area (Å²) in [6, 6.07) is 5.47. The van der Waals surface area contributed by atoms with Crippen LogP contribution in [-0.2, 0) is 4.74 Å². The van der Waals surface area contributed by atoms with Crippen molar-refractivity contribution in [1.29, 1.82) is 0 Å². The molecule has 1 aromatic rings. The van der Waals surface area contributed by atoms with Crippen LogP contribution >= 0.6 is 0 Å². The number of aliphatic hydroxyl groups excluding tert-OH is 1. The summed E-state index contributed by atoms with van der Waals surface area (Å²) in [7, 11) is 0. The van der Waals surface area contributed by atoms with E-state index in [2.05, 4.69) is 0 Å². The first-order chi connectivity index (χ1) is 8.52. The van der Waals surface area contributed by atoms with Crippen LogP contribution in [0, 0.1) is 0 Å². The third-order valence-electron chi connectivity index (χ3n) is 2.93. The SMILES string of the molecule is CCOCOc1ccc2c(c1)OC(C)(C)CC2O. The molecular formula is C14H20O4. The Morgan fingerprint density at radius 3 is 2.94 bits per heavy atom. The molecule has 4 nitrogen and oxygen atoms in total. The van der Waals surface area contributed by atoms with Gasteiger partial charge in [-0.3, -0.25) is 0 Å². The number of hydrogen-bond donors (Lipinski definition) is 1. The Kier molecular flexibility index (Phi) is 3.78. The zero-order valence-corrected chi connectivity index (χ0v) is 11.1. The maximum atomic E-state index is 10.1. The summed E-state index contributed by atoms with van der Waals surface area (Å²) in [5.74, 6) is 1.37. The van der Waals surface area contributed by atoms with E-state index in [0.29, 0.717) is 24.5 Å². The van der Waals surface area contributed by atoms with Crippen molar-refractivity contribution in [2.45, 2.75) is 38.9 Å². The molecule has 1 N–H and O–H groups in total. The van der Waals surface area contributed by atoms with Crippen LogP contribution < -0.4 is 9.47 Å². The van der Waals surface area contributed by atoms with Gasteiger partial charge in [-0.15, -0.1) is 0 Å². The van der Waals surface area contributed by atoms with Crippen molar-refractivity contribution < 1.29 is 19.3 Å². The van der Waals surface area contributed by atoms with Crippen molar-refractivity contribution in [2.24, 2.45) is 0 Å². The first-order valence-electron chi connectivity index (χ1n) is 6.23. The summed E-state index contributed by atoms with van der Waals surface area (Å²) < 4.78 is 16.4. The number of rotatable bonds is 4. The summed E-state index contributed by atoms with van der Waals surface area (Å²) in [6.45, 7) is 6.69. The molecule has 1 aromatic carbocycles. The lowest BCUT2D eigenvalue weighted by atomic mass is 9.92. The standard InChI is InChI=1S/C14H20O4/c1-4-16-9-17-10-5-6-11-12(15)8-14(2,3)18-13(11)7-10/h5-7,12,15H,4,8-9H2,1-3H3. The van der Waals surface area contributed by atoms with Gasteiger partial charge in [0, 0.05) is 24.7 Å². The smallest absolute Gasteiger partial charge is 0.189 e. The molecule has 0 saturated heterocycles. The van der Waals surface area contributed by atoms with Crippen molar-refractivity contribution in [2.75, 3.05) is 13.4 Å². The van der Waals surface area contributed by atoms with Gasteiger partial charge in [0.05, 0.1) is 6.10 Å². The predicted molar refractivity (Wildman–Crippen MR) is 67.8 cm³/mol. The van der Waals surface area contributed by atoms with Crippen LogP contribution in [0.5, 0.6) is 11.5 Å². The minimum Gasteiger partial charge on any atom is -0.487 e. The fourth-order valence-corrected chi connectivity index (χ4v) is 2.08. The Morgan fingerprint density at radius 1 is 1.44 bits per heavy atom. The largest absolute Gasteiger partial charge is 0.487 e. The second-order valence-electron chi connectivity index (χ2n) is 5.04. The minimum absolute atomic E-state index is 0.223. The van der Waals surface area contributed by atoms with Crippen molar-refractivity contribution in [3.05, 3.63) is 23.8 Å². The number of fused-ring (bicyclic) bond motifs is 1. The third-order valence-corrected chi connectivity index (χ3v) is 2.93. The molecule has 18 heavy (non-hydrogen) atoms. The monoisotopic (exact) mass is 252 g/mol. The van der Waals surface area contributed by atoms with Gasteiger partial charge in [0.25, 0.3) is 0 Å². The molecule has 0 saturated carbocycles. The van der Waals surface area contributed by atoms with Crippen LogP contribution in [0.3, 0.4) is 0 Å². The van der Waals surface area contributed by atoms with Gasteiger partial charge in [-0.25, -0.2) is 0 Å². The fourth-order valence-electron chi connectivity index (χ4n) is 2.08. The van der Waals surface area contributed by atoms with E-state index in [1.165, 1.54) is 0 Å². The van der Waals surface area contributed by atoms with Gasteiger partial charge in [-0.05, 0) is 32.9 Å². The van der Waals surface area contributed by atoms with Crippen LogP contribution in [0.2, 0.25) is 0 Å². The molecule has 0 aromatic heterocycles. The Hall–Kier alpha value is -1.26. The van der Waals surface area contributed by atoms with E-state index in [1.807, 2.05) is 32.9 Å². The summed E-state index contributed by atoms with van der Waals surface area (Å²) in [4.78, 5) is 0. The molecule has 0 spiro atoms. The normalized spacial score (nSPS) is 21.0. The second-order valence-corrected chi connectivity index (χ2v) is 5.04. The lowest BCUT2D eigenvalue weighted by Crippen LogP contribution is -2.34. The molecule has 2 rings (SSSR count). The second kappa shape index (κ2) is 5.16. The molecule has 100 valence electrons. The Balaban J connectivity index is 2.15. The highest BCUT2D eigenvalue weighted by atomic mass is 16.7. The summed E-state index contributed by atoms with van der Waals surface area (Å²) in [5, 5.41) is 10.1. The van der Waals surface area contributed by atoms with E-state index in [4.69, 9.17) is 14.2 Å². The first kappa shape index (κ1) is 13.2. The maximum absolute atomic E-state index is 10.1. The molecule has 0 aliphatic carbocycles. The zero-order valence-electron chi connectivity index (χ0n) is 11.1. The van der Waals surface area contributed by atoms with Crippen LogP contribution in [0.15, 0.2) is 18.2 Å². The molecule has 1 heterocycles. The molecular weight excluding hydrogens is 232 g/mol. The molecule has 0 radical (unpaired) electrons. The average molecular weight is 252 g/mol. The minimum atomic E-state index is -0.482. The number of benzene rings is 1. The van der Waals surface area contributed by atoms with Gasteiger partial charge in [0.2, 0.25) is 0 Å². The molecule has 1 atom stereocenters. The van der Waals surface area contributed by atoms with Crippen molar-refractivity contribution in [1.82, 2.24) is 0 Å². The van der Waals surface area contributed by atoms with Crippen LogP contribution in [0.4, 0.5) is 0 Å². The number of aliphatic hydroxyl groups is 1. The average Bonchev–Trinajstić information content (AvgIpc) is 2.27. The topological polar surface area (TPSA) is 47.9 Å². The molecule has 4 heteroatoms. The molecule has 1 aliphatic heterocycles. The van der Waals surface area contributed by atoms with Gasteiger partial charge < -0.3 is 19.3 Å². The Labute approximate surface area is 107 Å². The molecule has 1 unspecified atom stereocenters. The summed E-state index contributed by atoms with van der Waals surface area (Å²) >= 11 is 0. The first-order valence-corrected chi connectivity index (χ1v) is 6.23. The van der Waals surface area contributed by atoms with Gasteiger partial charge in [0.1, 0.15) is 17.1 Å². The number of ether oxygens (including phenoxy) is 3. The highest BCUT2D eigenvalue weighted by molar-refractivity contribution is 5.43. The van der Waals surface area contributed by atoms with E-state index in [9.17, 15) is 5.11 Å². The van der Waals surface area contributed by atoms with E-state index in [0.717, 1.165) is 5.56 Å². The lowest BCUT2D eigenvalue weighted by molar-refractivity contribution is 0.00896. The van der Waals surface area contributed by atoms with Crippen molar-refractivity contribution in [3.8, 4) is 11.5 Å². The van der Waals surface area contributed by atoms with Crippen LogP contribution in [0.25, 0.3) is 0 Å². The molecule has 0 amide bonds. The van der Waals surface area contributed by atoms with Crippen LogP contribution in [-0.4, -0.2) is 24.1 Å². The summed E-state index contributed by atoms with van der Waals surface area (Å²) in [6.07, 6.45) is 0.115. The van der Waals surface area contributed by atoms with E-state index in [-0.39, 0.29) is 12.4 Å². The summed E-state index contributed by atoms with van der Waals surface area (Å²) in [5.41, 5.74) is 0.461. The van der Waals surface area contributed by atoms with Gasteiger partial charge in [-0.1, -0.05) is 0 Å². The Bertz CT molecular complexity index is 414. The third kappa shape index (κ3) is 2.94. The maximum Gasteiger partial charge on any atom is 0.189 e. The highest BCUT2D eigenvalue weighted by Gasteiger charge is 2.32. The number of hydrogen-bond acceptors (Lipinski definition) is 4. The molecule has 1 aliphatic rings. The van der Waals surface area contributed by atoms with Gasteiger partial charge in [0.15, 0.2) is 6.79 Å². The quantitative estimate of drug-likeness (QED) is 0.661. The van der Waals surface area contributed by atoms with Crippen LogP contribution in [0.1, 0.15) is 38.9 Å². The van der Waals surface area contributed by atoms with E-state index >= 15 is 0 Å². The van der Waals surface area contributed by atoms with Gasteiger partial charge >= 0.3 is 0 Å². The predicted octanol–water partition coefficient (Wildman–Crippen LogP) is 2.65. The fraction of sp³-hybridized carbons (Fsp3) is 0.571. The molecule has 0 bridgehead atoms. The Morgan fingerprint density at radius 2 is 2.22 bits per heavy atom. The van der Waals surface area contributed by atoms with E-state index in [1.54, 1.807) is 6.07 Å². The van der Waals surface area contributed by atoms with Crippen molar-refractivity contribution in [3.63, 3.8) is 0 Å². The van der Waals surface area contributed by atoms with Gasteiger partial charge in [-0.2, -0.15) is 0 Å². The van der Waals surface area contributed by atoms with E-state index < -0.39 is 6.10 Å².